The van der Waals surface area contributed by atoms with Crippen LogP contribution in [0.5, 0.6) is 11.5 Å². The Labute approximate surface area is 179 Å². The quantitative estimate of drug-likeness (QED) is 0.661. The lowest BCUT2D eigenvalue weighted by molar-refractivity contribution is -0.130. The summed E-state index contributed by atoms with van der Waals surface area (Å²) < 4.78 is 5.91. The van der Waals surface area contributed by atoms with E-state index < -0.39 is 0 Å². The molecule has 2 N–H and O–H groups in total. The van der Waals surface area contributed by atoms with Crippen LogP contribution in [0.2, 0.25) is 0 Å². The largest absolute Gasteiger partial charge is 0.456 e. The molecule has 8 heteroatoms. The van der Waals surface area contributed by atoms with Crippen molar-refractivity contribution >= 4 is 28.4 Å². The van der Waals surface area contributed by atoms with E-state index in [2.05, 4.69) is 10.3 Å². The molecule has 0 unspecified atom stereocenters. The highest BCUT2D eigenvalue weighted by atomic mass is 16.5. The fourth-order valence-corrected chi connectivity index (χ4v) is 3.61. The number of carbonyl (C=O) groups excluding carboxylic acids is 2. The molecule has 1 aliphatic heterocycles. The van der Waals surface area contributed by atoms with Crippen LogP contribution in [-0.2, 0) is 9.59 Å². The van der Waals surface area contributed by atoms with Gasteiger partial charge in [0.05, 0.1) is 12.1 Å². The molecular weight excluding hydrogens is 396 g/mol. The summed E-state index contributed by atoms with van der Waals surface area (Å²) in [6.45, 7) is 4.50. The number of H-pyrrole nitrogens is 1. The molecule has 1 fully saturated rings. The number of aromatic amines is 1. The summed E-state index contributed by atoms with van der Waals surface area (Å²) in [5.41, 5.74) is 1.13. The van der Waals surface area contributed by atoms with E-state index in [0.29, 0.717) is 48.9 Å². The number of nitrogens with zero attached hydrogens (tertiary/aromatic N) is 2. The molecule has 0 radical (unpaired) electrons. The molecule has 2 heterocycles. The molecule has 4 rings (SSSR count). The Balaban J connectivity index is 1.35. The number of ether oxygens (including phenoxy) is 1. The minimum atomic E-state index is -0.235. The zero-order chi connectivity index (χ0) is 21.8. The third-order valence-corrected chi connectivity index (χ3v) is 5.26. The minimum Gasteiger partial charge on any atom is -0.456 e. The molecule has 0 aliphatic carbocycles. The molecule has 2 aromatic carbocycles. The van der Waals surface area contributed by atoms with Gasteiger partial charge in [-0.15, -0.1) is 0 Å². The molecule has 2 amide bonds. The molecule has 1 aliphatic rings. The van der Waals surface area contributed by atoms with Gasteiger partial charge in [-0.2, -0.15) is 0 Å². The molecule has 1 saturated heterocycles. The van der Waals surface area contributed by atoms with Crippen molar-refractivity contribution in [3.8, 4) is 11.5 Å². The molecule has 3 aromatic rings. The maximum Gasteiger partial charge on any atom is 0.252 e. The highest BCUT2D eigenvalue weighted by Crippen LogP contribution is 2.28. The van der Waals surface area contributed by atoms with Crippen LogP contribution in [0.15, 0.2) is 59.4 Å². The summed E-state index contributed by atoms with van der Waals surface area (Å²) in [6.07, 6.45) is 0. The van der Waals surface area contributed by atoms with E-state index in [1.54, 1.807) is 36.1 Å². The monoisotopic (exact) mass is 420 g/mol. The average Bonchev–Trinajstić information content (AvgIpc) is 2.75. The number of amides is 2. The average molecular weight is 420 g/mol. The van der Waals surface area contributed by atoms with Gasteiger partial charge < -0.3 is 19.9 Å². The zero-order valence-electron chi connectivity index (χ0n) is 17.3. The smallest absolute Gasteiger partial charge is 0.252 e. The second-order valence-corrected chi connectivity index (χ2v) is 7.50. The topological polar surface area (TPSA) is 94.7 Å². The molecule has 1 aromatic heterocycles. The number of nitrogens with one attached hydrogen (secondary N) is 2. The van der Waals surface area contributed by atoms with Gasteiger partial charge in [0.2, 0.25) is 11.8 Å². The van der Waals surface area contributed by atoms with Crippen LogP contribution in [0.1, 0.15) is 6.92 Å². The number of fused-ring (bicyclic) bond motifs is 1. The number of pyridine rings is 1. The first-order valence-corrected chi connectivity index (χ1v) is 10.2. The molecule has 0 atom stereocenters. The van der Waals surface area contributed by atoms with Gasteiger partial charge in [-0.25, -0.2) is 0 Å². The number of hydrogen-bond acceptors (Lipinski definition) is 5. The standard InChI is InChI=1S/C23H24N4O4/c1-16(28)27-12-10-26(11-13-27)15-23(30)24-17-6-8-18(9-7-17)31-21-14-22(29)25-20-5-3-2-4-19(20)21/h2-9,14H,10-13,15H2,1H3,(H,24,30)(H,25,29). The predicted octanol–water partition coefficient (Wildman–Crippen LogP) is 2.42. The van der Waals surface area contributed by atoms with Gasteiger partial charge in [0.1, 0.15) is 11.5 Å². The lowest BCUT2D eigenvalue weighted by Crippen LogP contribution is -2.49. The van der Waals surface area contributed by atoms with Gasteiger partial charge >= 0.3 is 0 Å². The number of para-hydroxylation sites is 1. The third kappa shape index (κ3) is 5.10. The SMILES string of the molecule is CC(=O)N1CCN(CC(=O)Nc2ccc(Oc3cc(=O)[nH]c4ccccc34)cc2)CC1. The van der Waals surface area contributed by atoms with E-state index in [0.717, 1.165) is 5.39 Å². The van der Waals surface area contributed by atoms with Crippen molar-refractivity contribution in [3.05, 3.63) is 65.0 Å². The fourth-order valence-electron chi connectivity index (χ4n) is 3.61. The normalized spacial score (nSPS) is 14.4. The Morgan fingerprint density at radius 2 is 1.74 bits per heavy atom. The summed E-state index contributed by atoms with van der Waals surface area (Å²) in [7, 11) is 0. The number of aromatic nitrogens is 1. The van der Waals surface area contributed by atoms with E-state index in [4.69, 9.17) is 4.74 Å². The molecule has 31 heavy (non-hydrogen) atoms. The van der Waals surface area contributed by atoms with Crippen LogP contribution in [0, 0.1) is 0 Å². The Kier molecular flexibility index (Phi) is 5.99. The van der Waals surface area contributed by atoms with Gasteiger partial charge in [-0.3, -0.25) is 19.3 Å². The van der Waals surface area contributed by atoms with E-state index in [9.17, 15) is 14.4 Å². The number of hydrogen-bond donors (Lipinski definition) is 2. The van der Waals surface area contributed by atoms with Crippen LogP contribution in [0.4, 0.5) is 5.69 Å². The van der Waals surface area contributed by atoms with Crippen molar-refractivity contribution in [1.82, 2.24) is 14.8 Å². The van der Waals surface area contributed by atoms with Crippen LogP contribution in [0.25, 0.3) is 10.9 Å². The lowest BCUT2D eigenvalue weighted by Gasteiger charge is -2.33. The number of piperazine rings is 1. The van der Waals surface area contributed by atoms with Crippen molar-refractivity contribution in [1.29, 1.82) is 0 Å². The highest BCUT2D eigenvalue weighted by molar-refractivity contribution is 5.92. The molecular formula is C23H24N4O4. The van der Waals surface area contributed by atoms with Gasteiger partial charge in [0, 0.05) is 50.2 Å². The first-order chi connectivity index (χ1) is 15.0. The molecule has 160 valence electrons. The third-order valence-electron chi connectivity index (χ3n) is 5.26. The number of rotatable bonds is 5. The Hall–Kier alpha value is -3.65. The van der Waals surface area contributed by atoms with E-state index in [1.807, 2.05) is 29.2 Å². The fraction of sp³-hybridized carbons (Fsp3) is 0.261. The van der Waals surface area contributed by atoms with Gasteiger partial charge in [-0.1, -0.05) is 12.1 Å². The molecule has 0 saturated carbocycles. The second kappa shape index (κ2) is 9.01. The highest BCUT2D eigenvalue weighted by Gasteiger charge is 2.20. The maximum atomic E-state index is 12.4. The molecule has 0 bridgehead atoms. The van der Waals surface area contributed by atoms with Crippen LogP contribution in [0.3, 0.4) is 0 Å². The van der Waals surface area contributed by atoms with E-state index in [-0.39, 0.29) is 23.9 Å². The zero-order valence-corrected chi connectivity index (χ0v) is 17.3. The van der Waals surface area contributed by atoms with Gasteiger partial charge in [-0.05, 0) is 36.4 Å². The number of anilines is 1. The Morgan fingerprint density at radius 1 is 1.03 bits per heavy atom. The number of carbonyl (C=O) groups is 2. The summed E-state index contributed by atoms with van der Waals surface area (Å²) in [4.78, 5) is 42.2. The Morgan fingerprint density at radius 3 is 2.45 bits per heavy atom. The molecule has 0 spiro atoms. The number of benzene rings is 2. The van der Waals surface area contributed by atoms with Crippen molar-refractivity contribution in [2.75, 3.05) is 38.0 Å². The van der Waals surface area contributed by atoms with Crippen LogP contribution in [-0.4, -0.2) is 59.3 Å². The summed E-state index contributed by atoms with van der Waals surface area (Å²) in [5, 5.41) is 3.69. The predicted molar refractivity (Wildman–Crippen MR) is 118 cm³/mol. The van der Waals surface area contributed by atoms with Crippen molar-refractivity contribution < 1.29 is 14.3 Å². The maximum absolute atomic E-state index is 12.4. The van der Waals surface area contributed by atoms with E-state index in [1.165, 1.54) is 6.07 Å². The first-order valence-electron chi connectivity index (χ1n) is 10.2. The van der Waals surface area contributed by atoms with Gasteiger partial charge in [0.15, 0.2) is 0 Å². The molecule has 8 nitrogen and oxygen atoms in total. The summed E-state index contributed by atoms with van der Waals surface area (Å²) in [6, 6.07) is 15.9. The van der Waals surface area contributed by atoms with Gasteiger partial charge in [0.25, 0.3) is 5.56 Å². The van der Waals surface area contributed by atoms with Crippen molar-refractivity contribution in [2.45, 2.75) is 6.92 Å². The van der Waals surface area contributed by atoms with Crippen LogP contribution >= 0.6 is 0 Å². The lowest BCUT2D eigenvalue weighted by atomic mass is 10.2. The Bertz CT molecular complexity index is 1150. The van der Waals surface area contributed by atoms with Crippen molar-refractivity contribution in [2.24, 2.45) is 0 Å². The minimum absolute atomic E-state index is 0.0690. The van der Waals surface area contributed by atoms with E-state index >= 15 is 0 Å². The summed E-state index contributed by atoms with van der Waals surface area (Å²) >= 11 is 0. The van der Waals surface area contributed by atoms with Crippen LogP contribution < -0.4 is 15.6 Å². The second-order valence-electron chi connectivity index (χ2n) is 7.50. The van der Waals surface area contributed by atoms with Crippen molar-refractivity contribution in [3.63, 3.8) is 0 Å². The first kappa shape index (κ1) is 20.6. The summed E-state index contributed by atoms with van der Waals surface area (Å²) in [5.74, 6) is 1.000.